The van der Waals surface area contributed by atoms with Gasteiger partial charge >= 0.3 is 5.97 Å². The zero-order chi connectivity index (χ0) is 24.9. The first-order chi connectivity index (χ1) is 16.8. The van der Waals surface area contributed by atoms with E-state index in [0.29, 0.717) is 17.9 Å². The fourth-order valence-electron chi connectivity index (χ4n) is 4.07. The zero-order valence-corrected chi connectivity index (χ0v) is 19.9. The summed E-state index contributed by atoms with van der Waals surface area (Å²) in [6.07, 6.45) is 2.16. The average molecular weight is 475 g/mol. The van der Waals surface area contributed by atoms with Gasteiger partial charge < -0.3 is 14.6 Å². The van der Waals surface area contributed by atoms with Gasteiger partial charge in [-0.05, 0) is 62.2 Å². The molecule has 0 fully saturated rings. The molecule has 7 heteroatoms. The molecule has 0 atom stereocenters. The summed E-state index contributed by atoms with van der Waals surface area (Å²) in [5.41, 5.74) is 5.73. The third kappa shape index (κ3) is 5.69. The predicted molar refractivity (Wildman–Crippen MR) is 132 cm³/mol. The number of carbonyl (C=O) groups is 1. The van der Waals surface area contributed by atoms with Gasteiger partial charge in [-0.15, -0.1) is 0 Å². The molecule has 0 unspecified atom stereocenters. The molecule has 0 bridgehead atoms. The number of benzene rings is 3. The molecule has 6 nitrogen and oxygen atoms in total. The maximum atomic E-state index is 14.9. The number of hydrogen-bond acceptors (Lipinski definition) is 4. The van der Waals surface area contributed by atoms with Crippen molar-refractivity contribution in [3.8, 4) is 28.4 Å². The van der Waals surface area contributed by atoms with Gasteiger partial charge in [-0.1, -0.05) is 29.3 Å². The molecule has 35 heavy (non-hydrogen) atoms. The molecule has 1 heterocycles. The van der Waals surface area contributed by atoms with Crippen LogP contribution in [-0.4, -0.2) is 28.0 Å². The lowest BCUT2D eigenvalue weighted by molar-refractivity contribution is -0.136. The molecule has 3 aromatic carbocycles. The number of aliphatic carboxylic acids is 1. The second-order valence-electron chi connectivity index (χ2n) is 8.45. The molecular weight excluding hydrogens is 447 g/mol. The summed E-state index contributed by atoms with van der Waals surface area (Å²) in [6.45, 7) is 4.24. The van der Waals surface area contributed by atoms with Crippen molar-refractivity contribution in [2.24, 2.45) is 0 Å². The quantitative estimate of drug-likeness (QED) is 0.327. The van der Waals surface area contributed by atoms with Crippen LogP contribution >= 0.6 is 0 Å². The number of hydrogen-bond donors (Lipinski definition) is 1. The summed E-state index contributed by atoms with van der Waals surface area (Å²) in [6, 6.07) is 18.1. The Kier molecular flexibility index (Phi) is 7.15. The van der Waals surface area contributed by atoms with Crippen LogP contribution in [0.1, 0.15) is 28.7 Å². The van der Waals surface area contributed by atoms with Crippen molar-refractivity contribution < 1.29 is 23.8 Å². The fraction of sp³-hybridized carbons (Fsp3) is 0.214. The molecule has 0 spiro atoms. The maximum Gasteiger partial charge on any atom is 0.303 e. The first-order valence-corrected chi connectivity index (χ1v) is 11.3. The summed E-state index contributed by atoms with van der Waals surface area (Å²) in [7, 11) is 1.54. The van der Waals surface area contributed by atoms with E-state index in [2.05, 4.69) is 11.2 Å². The fourth-order valence-corrected chi connectivity index (χ4v) is 4.07. The summed E-state index contributed by atoms with van der Waals surface area (Å²) < 4.78 is 27.8. The van der Waals surface area contributed by atoms with Gasteiger partial charge in [0.2, 0.25) is 0 Å². The summed E-state index contributed by atoms with van der Waals surface area (Å²) in [5.74, 6) is -0.108. The number of carboxylic acid groups (broad SMARTS) is 1. The van der Waals surface area contributed by atoms with Crippen LogP contribution in [0.2, 0.25) is 0 Å². The van der Waals surface area contributed by atoms with E-state index in [0.717, 1.165) is 33.5 Å². The van der Waals surface area contributed by atoms with Gasteiger partial charge in [0.05, 0.1) is 19.0 Å². The van der Waals surface area contributed by atoms with Crippen molar-refractivity contribution in [3.05, 3.63) is 94.9 Å². The lowest BCUT2D eigenvalue weighted by Gasteiger charge is -2.14. The number of rotatable bonds is 9. The molecule has 0 saturated carbocycles. The molecule has 0 saturated heterocycles. The van der Waals surface area contributed by atoms with Gasteiger partial charge in [-0.3, -0.25) is 4.79 Å². The first-order valence-electron chi connectivity index (χ1n) is 11.3. The smallest absolute Gasteiger partial charge is 0.303 e. The Morgan fingerprint density at radius 1 is 1.03 bits per heavy atom. The van der Waals surface area contributed by atoms with Crippen LogP contribution in [0.15, 0.2) is 66.9 Å². The highest BCUT2D eigenvalue weighted by Gasteiger charge is 2.19. The van der Waals surface area contributed by atoms with Crippen LogP contribution in [0.4, 0.5) is 4.39 Å². The molecule has 180 valence electrons. The monoisotopic (exact) mass is 474 g/mol. The number of halogens is 1. The highest BCUT2D eigenvalue weighted by atomic mass is 19.1. The van der Waals surface area contributed by atoms with Crippen molar-refractivity contribution in [1.29, 1.82) is 0 Å². The molecule has 1 aromatic heterocycles. The van der Waals surface area contributed by atoms with E-state index in [1.165, 1.54) is 13.2 Å². The van der Waals surface area contributed by atoms with Crippen molar-refractivity contribution >= 4 is 5.97 Å². The Morgan fingerprint density at radius 2 is 1.80 bits per heavy atom. The van der Waals surface area contributed by atoms with Crippen molar-refractivity contribution in [1.82, 2.24) is 9.78 Å². The van der Waals surface area contributed by atoms with Crippen molar-refractivity contribution in [2.75, 3.05) is 7.11 Å². The Bertz CT molecular complexity index is 1340. The molecule has 0 aliphatic heterocycles. The first kappa shape index (κ1) is 24.0. The minimum Gasteiger partial charge on any atom is -0.497 e. The molecule has 1 N–H and O–H groups in total. The van der Waals surface area contributed by atoms with Crippen LogP contribution in [0, 0.1) is 19.7 Å². The van der Waals surface area contributed by atoms with Crippen LogP contribution in [0.25, 0.3) is 16.9 Å². The van der Waals surface area contributed by atoms with E-state index in [1.54, 1.807) is 23.0 Å². The van der Waals surface area contributed by atoms with Crippen molar-refractivity contribution in [3.63, 3.8) is 0 Å². The highest BCUT2D eigenvalue weighted by Crippen LogP contribution is 2.31. The third-order valence-corrected chi connectivity index (χ3v) is 5.64. The molecule has 4 aromatic rings. The number of aromatic nitrogens is 2. The highest BCUT2D eigenvalue weighted by molar-refractivity contribution is 5.68. The molecule has 0 radical (unpaired) electrons. The molecule has 0 aliphatic carbocycles. The lowest BCUT2D eigenvalue weighted by atomic mass is 10.0. The van der Waals surface area contributed by atoms with Crippen LogP contribution in [-0.2, 0) is 17.8 Å². The van der Waals surface area contributed by atoms with Gasteiger partial charge in [0.15, 0.2) is 0 Å². The van der Waals surface area contributed by atoms with E-state index in [9.17, 15) is 9.18 Å². The number of nitrogens with zero attached hydrogens (tertiary/aromatic N) is 2. The molecule has 4 rings (SSSR count). The Hall–Kier alpha value is -4.13. The minimum atomic E-state index is -0.841. The second kappa shape index (κ2) is 10.4. The summed E-state index contributed by atoms with van der Waals surface area (Å²) >= 11 is 0. The molecular formula is C28H27FN2O4. The summed E-state index contributed by atoms with van der Waals surface area (Å²) in [5, 5.41) is 13.5. The van der Waals surface area contributed by atoms with E-state index >= 15 is 0 Å². The number of methoxy groups -OCH3 is 1. The van der Waals surface area contributed by atoms with E-state index in [1.807, 2.05) is 50.2 Å². The van der Waals surface area contributed by atoms with Gasteiger partial charge in [0.25, 0.3) is 0 Å². The average Bonchev–Trinajstić information content (AvgIpc) is 3.25. The normalized spacial score (nSPS) is 10.9. The molecule has 0 aliphatic rings. The third-order valence-electron chi connectivity index (χ3n) is 5.64. The second-order valence-corrected chi connectivity index (χ2v) is 8.45. The van der Waals surface area contributed by atoms with E-state index in [4.69, 9.17) is 14.6 Å². The van der Waals surface area contributed by atoms with E-state index in [-0.39, 0.29) is 18.7 Å². The standard InChI is InChI=1S/C28H27FN2O4/c1-18-11-19(2)13-21(12-18)28-22(16-30-31(28)26-15-23(34-3)8-9-25(26)29)17-35-24-6-4-5-20(14-24)7-10-27(32)33/h4-6,8-9,11-16H,7,10,17H2,1-3H3,(H,32,33). The number of carboxylic acids is 1. The minimum absolute atomic E-state index is 0.0547. The van der Waals surface area contributed by atoms with Gasteiger partial charge in [0, 0.05) is 23.6 Å². The Morgan fingerprint density at radius 3 is 2.51 bits per heavy atom. The Labute approximate surface area is 203 Å². The number of aryl methyl sites for hydroxylation is 3. The van der Waals surface area contributed by atoms with Crippen LogP contribution < -0.4 is 9.47 Å². The SMILES string of the molecule is COc1ccc(F)c(-n2ncc(COc3cccc(CCC(=O)O)c3)c2-c2cc(C)cc(C)c2)c1. The zero-order valence-electron chi connectivity index (χ0n) is 19.9. The van der Waals surface area contributed by atoms with Gasteiger partial charge in [-0.2, -0.15) is 5.10 Å². The maximum absolute atomic E-state index is 14.9. The van der Waals surface area contributed by atoms with Crippen LogP contribution in [0.3, 0.4) is 0 Å². The van der Waals surface area contributed by atoms with E-state index < -0.39 is 11.8 Å². The topological polar surface area (TPSA) is 73.6 Å². The number of ether oxygens (including phenoxy) is 2. The largest absolute Gasteiger partial charge is 0.497 e. The Balaban J connectivity index is 1.72. The van der Waals surface area contributed by atoms with Gasteiger partial charge in [0.1, 0.15) is 29.6 Å². The van der Waals surface area contributed by atoms with Gasteiger partial charge in [-0.25, -0.2) is 9.07 Å². The van der Waals surface area contributed by atoms with Crippen LogP contribution in [0.5, 0.6) is 11.5 Å². The van der Waals surface area contributed by atoms with Crippen molar-refractivity contribution in [2.45, 2.75) is 33.3 Å². The summed E-state index contributed by atoms with van der Waals surface area (Å²) in [4.78, 5) is 10.9. The predicted octanol–water partition coefficient (Wildman–Crippen LogP) is 5.90. The molecule has 0 amide bonds. The lowest BCUT2D eigenvalue weighted by Crippen LogP contribution is -2.05.